The van der Waals surface area contributed by atoms with Gasteiger partial charge in [-0.2, -0.15) is 0 Å². The zero-order chi connectivity index (χ0) is 19.6. The fourth-order valence-corrected chi connectivity index (χ4v) is 4.68. The summed E-state index contributed by atoms with van der Waals surface area (Å²) in [5, 5.41) is 3.85. The van der Waals surface area contributed by atoms with Gasteiger partial charge >= 0.3 is 0 Å². The van der Waals surface area contributed by atoms with Crippen molar-refractivity contribution in [3.8, 4) is 0 Å². The van der Waals surface area contributed by atoms with Crippen LogP contribution in [0.2, 0.25) is 0 Å². The molecule has 0 saturated carbocycles. The summed E-state index contributed by atoms with van der Waals surface area (Å²) in [4.78, 5) is 8.11. The van der Waals surface area contributed by atoms with Crippen molar-refractivity contribution in [2.24, 2.45) is 0 Å². The van der Waals surface area contributed by atoms with Crippen molar-refractivity contribution < 1.29 is 0 Å². The molecule has 0 saturated heterocycles. The molecule has 2 aliphatic rings. The van der Waals surface area contributed by atoms with E-state index in [-0.39, 0.29) is 12.4 Å². The Morgan fingerprint density at radius 3 is 2.67 bits per heavy atom. The number of aryl methyl sites for hydroxylation is 1. The summed E-state index contributed by atoms with van der Waals surface area (Å²) in [6, 6.07) is 17.0. The van der Waals surface area contributed by atoms with E-state index in [0.29, 0.717) is 0 Å². The normalized spacial score (nSPS) is 14.4. The lowest BCUT2D eigenvalue weighted by Gasteiger charge is -2.25. The molecule has 0 bridgehead atoms. The second-order valence-electron chi connectivity index (χ2n) is 7.49. The van der Waals surface area contributed by atoms with E-state index in [0.717, 1.165) is 10.9 Å². The Labute approximate surface area is 191 Å². The Morgan fingerprint density at radius 2 is 1.77 bits per heavy atom. The number of hydrogen-bond donors (Lipinski definition) is 0. The first-order valence-corrected chi connectivity index (χ1v) is 10.8. The van der Waals surface area contributed by atoms with Gasteiger partial charge in [0.1, 0.15) is 0 Å². The molecule has 0 atom stereocenters. The summed E-state index contributed by atoms with van der Waals surface area (Å²) < 4.78 is 1.17. The molecule has 150 valence electrons. The molecular formula is C26H22BrClN2. The number of aromatic nitrogens is 2. The Hall–Kier alpha value is -2.49. The van der Waals surface area contributed by atoms with Gasteiger partial charge in [-0.1, -0.05) is 51.9 Å². The maximum atomic E-state index is 4.14. The minimum Gasteiger partial charge on any atom is -0.264 e. The van der Waals surface area contributed by atoms with Gasteiger partial charge in [0.25, 0.3) is 0 Å². The van der Waals surface area contributed by atoms with Crippen LogP contribution in [-0.4, -0.2) is 9.97 Å². The molecule has 0 radical (unpaired) electrons. The van der Waals surface area contributed by atoms with E-state index in [1.54, 1.807) is 18.0 Å². The number of fused-ring (bicyclic) bond motifs is 5. The molecule has 0 amide bonds. The van der Waals surface area contributed by atoms with Gasteiger partial charge in [-0.3, -0.25) is 9.97 Å². The molecule has 30 heavy (non-hydrogen) atoms. The zero-order valence-corrected chi connectivity index (χ0v) is 18.9. The van der Waals surface area contributed by atoms with Crippen LogP contribution in [0.1, 0.15) is 30.4 Å². The highest BCUT2D eigenvalue weighted by atomic mass is 79.9. The molecule has 6 rings (SSSR count). The average Bonchev–Trinajstić information content (AvgIpc) is 2.79. The maximum absolute atomic E-state index is 4.14. The second-order valence-corrected chi connectivity index (χ2v) is 8.40. The first kappa shape index (κ1) is 20.8. The van der Waals surface area contributed by atoms with Crippen molar-refractivity contribution in [1.29, 1.82) is 0 Å². The molecule has 2 heterocycles. The Bertz CT molecular complexity index is 1210. The van der Waals surface area contributed by atoms with Crippen molar-refractivity contribution in [2.45, 2.75) is 25.7 Å². The first-order valence-electron chi connectivity index (χ1n) is 10.0. The van der Waals surface area contributed by atoms with E-state index < -0.39 is 0 Å². The van der Waals surface area contributed by atoms with Gasteiger partial charge in [0.15, 0.2) is 0 Å². The van der Waals surface area contributed by atoms with Gasteiger partial charge in [0.2, 0.25) is 0 Å². The third-order valence-electron chi connectivity index (χ3n) is 5.74. The molecule has 4 heteroatoms. The van der Waals surface area contributed by atoms with Gasteiger partial charge in [-0.25, -0.2) is 0 Å². The molecular weight excluding hydrogens is 456 g/mol. The van der Waals surface area contributed by atoms with Gasteiger partial charge in [-0.15, -0.1) is 12.4 Å². The smallest absolute Gasteiger partial charge is 0.0732 e. The number of rotatable bonds is 0. The van der Waals surface area contributed by atoms with Crippen LogP contribution in [0, 0.1) is 0 Å². The van der Waals surface area contributed by atoms with Gasteiger partial charge in [0, 0.05) is 28.4 Å². The van der Waals surface area contributed by atoms with Gasteiger partial charge < -0.3 is 0 Å². The molecule has 2 aromatic heterocycles. The van der Waals surface area contributed by atoms with E-state index in [9.17, 15) is 0 Å². The predicted octanol–water partition coefficient (Wildman–Crippen LogP) is 7.70. The van der Waals surface area contributed by atoms with Crippen molar-refractivity contribution in [1.82, 2.24) is 9.97 Å². The van der Waals surface area contributed by atoms with E-state index in [2.05, 4.69) is 68.4 Å². The maximum Gasteiger partial charge on any atom is 0.0732 e. The molecule has 0 aliphatic heterocycles. The monoisotopic (exact) mass is 476 g/mol. The van der Waals surface area contributed by atoms with Crippen LogP contribution in [-0.2, 0) is 6.42 Å². The number of hydrogen-bond acceptors (Lipinski definition) is 2. The van der Waals surface area contributed by atoms with Crippen molar-refractivity contribution in [3.05, 3.63) is 100 Å². The largest absolute Gasteiger partial charge is 0.264 e. The number of halogens is 2. The van der Waals surface area contributed by atoms with E-state index in [1.807, 2.05) is 24.4 Å². The van der Waals surface area contributed by atoms with E-state index in [1.165, 1.54) is 57.6 Å². The van der Waals surface area contributed by atoms with Crippen LogP contribution < -0.4 is 0 Å². The topological polar surface area (TPSA) is 25.8 Å². The van der Waals surface area contributed by atoms with Crippen molar-refractivity contribution in [3.63, 3.8) is 0 Å². The fraction of sp³-hybridized carbons (Fsp3) is 0.154. The standard InChI is InChI=1S/C18H15Br.C8H6N2.ClH/c19-14-8-5-13-7-9-16-15-4-2-1-3-12(15)6-10-17(16)18(13)11-14;1-2-7-6-9-5-3-8(7)10-4-1;/h2,4-5,7-9,11H,1,3,6,10H2;1-6H;1H. The summed E-state index contributed by atoms with van der Waals surface area (Å²) >= 11 is 3.60. The quantitative estimate of drug-likeness (QED) is 0.259. The minimum atomic E-state index is 0. The molecule has 0 N–H and O–H groups in total. The molecule has 0 spiro atoms. The lowest BCUT2D eigenvalue weighted by Crippen LogP contribution is -2.06. The molecule has 0 fully saturated rings. The molecule has 2 aromatic carbocycles. The third kappa shape index (κ3) is 4.05. The van der Waals surface area contributed by atoms with Crippen LogP contribution >= 0.6 is 28.3 Å². The second kappa shape index (κ2) is 9.11. The average molecular weight is 478 g/mol. The lowest BCUT2D eigenvalue weighted by molar-refractivity contribution is 0.831. The summed E-state index contributed by atoms with van der Waals surface area (Å²) in [6.45, 7) is 0. The van der Waals surface area contributed by atoms with Crippen LogP contribution in [0.5, 0.6) is 0 Å². The van der Waals surface area contributed by atoms with Gasteiger partial charge in [0.05, 0.1) is 5.52 Å². The Morgan fingerprint density at radius 1 is 0.867 bits per heavy atom. The Balaban J connectivity index is 0.000000168. The molecule has 4 aromatic rings. The van der Waals surface area contributed by atoms with Crippen LogP contribution in [0.15, 0.2) is 89.3 Å². The first-order chi connectivity index (χ1) is 14.3. The Kier molecular flexibility index (Phi) is 6.31. The van der Waals surface area contributed by atoms with Gasteiger partial charge in [-0.05, 0) is 83.5 Å². The molecule has 0 unspecified atom stereocenters. The highest BCUT2D eigenvalue weighted by molar-refractivity contribution is 9.10. The van der Waals surface area contributed by atoms with E-state index in [4.69, 9.17) is 0 Å². The van der Waals surface area contributed by atoms with E-state index >= 15 is 0 Å². The van der Waals surface area contributed by atoms with Crippen LogP contribution in [0.4, 0.5) is 0 Å². The molecule has 2 aliphatic carbocycles. The highest BCUT2D eigenvalue weighted by Gasteiger charge is 2.20. The van der Waals surface area contributed by atoms with Crippen molar-refractivity contribution >= 4 is 55.6 Å². The highest BCUT2D eigenvalue weighted by Crippen LogP contribution is 2.40. The summed E-state index contributed by atoms with van der Waals surface area (Å²) in [7, 11) is 0. The van der Waals surface area contributed by atoms with Crippen LogP contribution in [0.3, 0.4) is 0 Å². The third-order valence-corrected chi connectivity index (χ3v) is 6.24. The minimum absolute atomic E-state index is 0. The van der Waals surface area contributed by atoms with Crippen LogP contribution in [0.25, 0.3) is 27.2 Å². The van der Waals surface area contributed by atoms with Crippen molar-refractivity contribution in [2.75, 3.05) is 0 Å². The fourth-order valence-electron chi connectivity index (χ4n) is 4.32. The number of benzene rings is 2. The number of allylic oxidation sites excluding steroid dienone is 4. The zero-order valence-electron chi connectivity index (χ0n) is 16.5. The number of pyridine rings is 2. The molecule has 2 nitrogen and oxygen atoms in total. The summed E-state index contributed by atoms with van der Waals surface area (Å²) in [6.07, 6.45) is 14.9. The summed E-state index contributed by atoms with van der Waals surface area (Å²) in [5.41, 5.74) is 7.14. The number of nitrogens with zero attached hydrogens (tertiary/aromatic N) is 2. The lowest BCUT2D eigenvalue weighted by atomic mass is 9.80. The summed E-state index contributed by atoms with van der Waals surface area (Å²) in [5.74, 6) is 0. The SMILES string of the molecule is Brc1ccc2ccc3c(c2c1)CCC1=C3C=CCC1.Cl.c1cnc2ccncc2c1. The predicted molar refractivity (Wildman–Crippen MR) is 132 cm³/mol.